The van der Waals surface area contributed by atoms with E-state index in [1.807, 2.05) is 48.5 Å². The van der Waals surface area contributed by atoms with Gasteiger partial charge in [0.05, 0.1) is 19.1 Å². The molecule has 1 N–H and O–H groups in total. The summed E-state index contributed by atoms with van der Waals surface area (Å²) in [6.07, 6.45) is 1.64. The third-order valence-corrected chi connectivity index (χ3v) is 2.61. The van der Waals surface area contributed by atoms with Gasteiger partial charge < -0.3 is 10.1 Å². The number of rotatable bonds is 4. The van der Waals surface area contributed by atoms with E-state index >= 15 is 0 Å². The zero-order chi connectivity index (χ0) is 12.8. The Morgan fingerprint density at radius 2 is 1.72 bits per heavy atom. The first kappa shape index (κ1) is 12.5. The summed E-state index contributed by atoms with van der Waals surface area (Å²) in [5.41, 5.74) is 1.80. The molecule has 0 heterocycles. The van der Waals surface area contributed by atoms with Crippen molar-refractivity contribution in [1.82, 2.24) is 0 Å². The molecule has 3 nitrogen and oxygen atoms in total. The highest BCUT2D eigenvalue weighted by molar-refractivity contribution is 6.30. The lowest BCUT2D eigenvalue weighted by atomic mass is 10.3. The van der Waals surface area contributed by atoms with Gasteiger partial charge in [-0.1, -0.05) is 11.6 Å². The molecule has 0 aliphatic heterocycles. The summed E-state index contributed by atoms with van der Waals surface area (Å²) in [5, 5.41) is 3.78. The first-order valence-electron chi connectivity index (χ1n) is 5.46. The third kappa shape index (κ3) is 3.50. The number of aliphatic imine (C=N–C) groups is 1. The van der Waals surface area contributed by atoms with Gasteiger partial charge in [-0.15, -0.1) is 0 Å². The lowest BCUT2D eigenvalue weighted by Gasteiger charge is -2.02. The summed E-state index contributed by atoms with van der Waals surface area (Å²) in [5.74, 6) is 0.829. The summed E-state index contributed by atoms with van der Waals surface area (Å²) in [6, 6.07) is 14.9. The van der Waals surface area contributed by atoms with E-state index in [-0.39, 0.29) is 0 Å². The predicted octanol–water partition coefficient (Wildman–Crippen LogP) is 4.12. The minimum atomic E-state index is 0.706. The summed E-state index contributed by atoms with van der Waals surface area (Å²) in [4.78, 5) is 4.26. The van der Waals surface area contributed by atoms with Crippen molar-refractivity contribution in [1.29, 1.82) is 0 Å². The van der Waals surface area contributed by atoms with Crippen molar-refractivity contribution < 1.29 is 4.74 Å². The van der Waals surface area contributed by atoms with Gasteiger partial charge in [0, 0.05) is 10.7 Å². The standard InChI is InChI=1S/C14H13ClN2O/c1-18-14-8-6-13(7-9-14)17-10-16-12-4-2-11(15)3-5-12/h2-10H,1H3,(H,16,17). The zero-order valence-corrected chi connectivity index (χ0v) is 10.7. The van der Waals surface area contributed by atoms with E-state index < -0.39 is 0 Å². The first-order valence-corrected chi connectivity index (χ1v) is 5.84. The van der Waals surface area contributed by atoms with Crippen LogP contribution in [0, 0.1) is 0 Å². The molecule has 0 radical (unpaired) electrons. The smallest absolute Gasteiger partial charge is 0.119 e. The number of halogens is 1. The fourth-order valence-corrected chi connectivity index (χ4v) is 1.52. The van der Waals surface area contributed by atoms with Crippen LogP contribution in [0.5, 0.6) is 5.75 Å². The van der Waals surface area contributed by atoms with Crippen molar-refractivity contribution in [2.45, 2.75) is 0 Å². The van der Waals surface area contributed by atoms with Crippen LogP contribution in [0.3, 0.4) is 0 Å². The average Bonchev–Trinajstić information content (AvgIpc) is 2.42. The van der Waals surface area contributed by atoms with Crippen LogP contribution >= 0.6 is 11.6 Å². The number of benzene rings is 2. The summed E-state index contributed by atoms with van der Waals surface area (Å²) in [6.45, 7) is 0. The number of hydrogen-bond donors (Lipinski definition) is 1. The molecule has 0 amide bonds. The minimum Gasteiger partial charge on any atom is -0.497 e. The van der Waals surface area contributed by atoms with Crippen LogP contribution in [0.4, 0.5) is 11.4 Å². The SMILES string of the molecule is COc1ccc(NC=Nc2ccc(Cl)cc2)cc1. The van der Waals surface area contributed by atoms with E-state index in [2.05, 4.69) is 10.3 Å². The molecule has 4 heteroatoms. The summed E-state index contributed by atoms with van der Waals surface area (Å²) < 4.78 is 5.08. The van der Waals surface area contributed by atoms with Gasteiger partial charge in [0.2, 0.25) is 0 Å². The molecule has 0 saturated carbocycles. The number of nitrogens with one attached hydrogen (secondary N) is 1. The van der Waals surface area contributed by atoms with E-state index in [0.29, 0.717) is 5.02 Å². The van der Waals surface area contributed by atoms with Crippen molar-refractivity contribution in [3.05, 3.63) is 53.6 Å². The quantitative estimate of drug-likeness (QED) is 0.663. The van der Waals surface area contributed by atoms with Crippen LogP contribution in [0.2, 0.25) is 5.02 Å². The molecular weight excluding hydrogens is 248 g/mol. The first-order chi connectivity index (χ1) is 8.78. The van der Waals surface area contributed by atoms with Crippen LogP contribution in [0.25, 0.3) is 0 Å². The van der Waals surface area contributed by atoms with Gasteiger partial charge in [0.1, 0.15) is 5.75 Å². The Morgan fingerprint density at radius 3 is 2.33 bits per heavy atom. The van der Waals surface area contributed by atoms with Crippen molar-refractivity contribution in [2.75, 3.05) is 12.4 Å². The fourth-order valence-electron chi connectivity index (χ4n) is 1.40. The summed E-state index contributed by atoms with van der Waals surface area (Å²) >= 11 is 5.79. The number of nitrogens with zero attached hydrogens (tertiary/aromatic N) is 1. The lowest BCUT2D eigenvalue weighted by molar-refractivity contribution is 0.415. The van der Waals surface area contributed by atoms with Crippen LogP contribution in [-0.4, -0.2) is 13.4 Å². The largest absolute Gasteiger partial charge is 0.497 e. The Hall–Kier alpha value is -2.00. The van der Waals surface area contributed by atoms with Crippen molar-refractivity contribution >= 4 is 29.3 Å². The molecule has 2 rings (SSSR count). The molecule has 0 unspecified atom stereocenters. The Labute approximate surface area is 111 Å². The van der Waals surface area contributed by atoms with E-state index in [1.165, 1.54) is 0 Å². The van der Waals surface area contributed by atoms with E-state index in [1.54, 1.807) is 13.4 Å². The van der Waals surface area contributed by atoms with Crippen molar-refractivity contribution in [2.24, 2.45) is 4.99 Å². The molecular formula is C14H13ClN2O. The van der Waals surface area contributed by atoms with Gasteiger partial charge in [0.25, 0.3) is 0 Å². The molecule has 0 aromatic heterocycles. The van der Waals surface area contributed by atoms with Crippen molar-refractivity contribution in [3.63, 3.8) is 0 Å². The van der Waals surface area contributed by atoms with Gasteiger partial charge in [-0.3, -0.25) is 0 Å². The van der Waals surface area contributed by atoms with Gasteiger partial charge >= 0.3 is 0 Å². The summed E-state index contributed by atoms with van der Waals surface area (Å²) in [7, 11) is 1.64. The van der Waals surface area contributed by atoms with Crippen LogP contribution < -0.4 is 10.1 Å². The Balaban J connectivity index is 1.95. The maximum Gasteiger partial charge on any atom is 0.119 e. The maximum atomic E-state index is 5.79. The molecule has 18 heavy (non-hydrogen) atoms. The lowest BCUT2D eigenvalue weighted by Crippen LogP contribution is -1.93. The molecule has 0 atom stereocenters. The molecule has 92 valence electrons. The van der Waals surface area contributed by atoms with E-state index in [4.69, 9.17) is 16.3 Å². The van der Waals surface area contributed by atoms with Crippen LogP contribution in [-0.2, 0) is 0 Å². The number of ether oxygens (including phenoxy) is 1. The molecule has 0 aliphatic rings. The monoisotopic (exact) mass is 260 g/mol. The van der Waals surface area contributed by atoms with Crippen LogP contribution in [0.15, 0.2) is 53.5 Å². The molecule has 2 aromatic carbocycles. The molecule has 0 spiro atoms. The predicted molar refractivity (Wildman–Crippen MR) is 76.2 cm³/mol. The van der Waals surface area contributed by atoms with Gasteiger partial charge in [-0.25, -0.2) is 4.99 Å². The molecule has 0 saturated heterocycles. The molecule has 0 bridgehead atoms. The Bertz CT molecular complexity index is 520. The highest BCUT2D eigenvalue weighted by atomic mass is 35.5. The average molecular weight is 261 g/mol. The normalized spacial score (nSPS) is 10.6. The van der Waals surface area contributed by atoms with Crippen LogP contribution in [0.1, 0.15) is 0 Å². The molecule has 2 aromatic rings. The van der Waals surface area contributed by atoms with Gasteiger partial charge in [-0.05, 0) is 48.5 Å². The second-order valence-electron chi connectivity index (χ2n) is 3.61. The Kier molecular flexibility index (Phi) is 4.20. The highest BCUT2D eigenvalue weighted by Crippen LogP contribution is 2.16. The third-order valence-electron chi connectivity index (χ3n) is 2.36. The zero-order valence-electron chi connectivity index (χ0n) is 9.93. The number of anilines is 1. The van der Waals surface area contributed by atoms with Gasteiger partial charge in [0.15, 0.2) is 0 Å². The van der Waals surface area contributed by atoms with E-state index in [9.17, 15) is 0 Å². The second-order valence-corrected chi connectivity index (χ2v) is 4.04. The Morgan fingerprint density at radius 1 is 1.06 bits per heavy atom. The number of hydrogen-bond acceptors (Lipinski definition) is 2. The minimum absolute atomic E-state index is 0.706. The van der Waals surface area contributed by atoms with Crippen molar-refractivity contribution in [3.8, 4) is 5.75 Å². The molecule has 0 aliphatic carbocycles. The highest BCUT2D eigenvalue weighted by Gasteiger charge is 1.91. The molecule has 0 fully saturated rings. The fraction of sp³-hybridized carbons (Fsp3) is 0.0714. The van der Waals surface area contributed by atoms with Gasteiger partial charge in [-0.2, -0.15) is 0 Å². The topological polar surface area (TPSA) is 33.6 Å². The second kappa shape index (κ2) is 6.07. The maximum absolute atomic E-state index is 5.79. The van der Waals surface area contributed by atoms with E-state index in [0.717, 1.165) is 17.1 Å². The number of methoxy groups -OCH3 is 1.